The number of fused-ring (bicyclic) bond motifs is 1. The van der Waals surface area contributed by atoms with Crippen LogP contribution in [0.2, 0.25) is 0 Å². The highest BCUT2D eigenvalue weighted by Gasteiger charge is 2.31. The number of rotatable bonds is 6. The summed E-state index contributed by atoms with van der Waals surface area (Å²) >= 11 is 4.92. The highest BCUT2D eigenvalue weighted by molar-refractivity contribution is 7.80. The summed E-state index contributed by atoms with van der Waals surface area (Å²) in [6.07, 6.45) is -0.808. The number of Topliss-reactive ketones (excluding diaryl/α,β-unsaturated/α-hetero) is 1. The fourth-order valence-corrected chi connectivity index (χ4v) is 3.18. The van der Waals surface area contributed by atoms with E-state index in [2.05, 4.69) is 11.1 Å². The van der Waals surface area contributed by atoms with Crippen LogP contribution >= 0.6 is 12.2 Å². The minimum absolute atomic E-state index is 0.269. The Morgan fingerprint density at radius 3 is 2.56 bits per heavy atom. The number of aromatic nitrogens is 2. The van der Waals surface area contributed by atoms with E-state index in [1.54, 1.807) is 13.8 Å². The largest absolute Gasteiger partial charge is 0.477 e. The van der Waals surface area contributed by atoms with Gasteiger partial charge in [-0.2, -0.15) is 5.26 Å². The Kier molecular flexibility index (Phi) is 5.63. The lowest BCUT2D eigenvalue weighted by Crippen LogP contribution is -2.29. The molecule has 0 bridgehead atoms. The first-order valence-corrected chi connectivity index (χ1v) is 9.01. The molecule has 1 heterocycles. The van der Waals surface area contributed by atoms with Crippen molar-refractivity contribution in [3.63, 3.8) is 0 Å². The van der Waals surface area contributed by atoms with Crippen molar-refractivity contribution >= 4 is 34.1 Å². The zero-order valence-electron chi connectivity index (χ0n) is 15.1. The number of para-hydroxylation sites is 2. The molecule has 5 nitrogen and oxygen atoms in total. The number of nitriles is 1. The van der Waals surface area contributed by atoms with Crippen LogP contribution in [0.25, 0.3) is 11.0 Å². The molecule has 0 fully saturated rings. The number of ether oxygens (including phenoxy) is 1. The number of imidazole rings is 1. The summed E-state index contributed by atoms with van der Waals surface area (Å²) in [7, 11) is 0. The van der Waals surface area contributed by atoms with E-state index in [9.17, 15) is 10.1 Å². The lowest BCUT2D eigenvalue weighted by atomic mass is 10.0. The van der Waals surface area contributed by atoms with E-state index in [-0.39, 0.29) is 10.8 Å². The predicted octanol–water partition coefficient (Wildman–Crippen LogP) is 4.01. The normalized spacial score (nSPS) is 12.9. The maximum atomic E-state index is 12.8. The van der Waals surface area contributed by atoms with Crippen LogP contribution in [-0.4, -0.2) is 26.5 Å². The molecule has 3 aromatic rings. The van der Waals surface area contributed by atoms with Gasteiger partial charge in [0.25, 0.3) is 0 Å². The second kappa shape index (κ2) is 8.11. The SMILES string of the molecule is CC(=S)OC(C)C(=O)C(C#N)c1nc2ccccc2n1Cc1ccccc1. The molecule has 0 saturated heterocycles. The van der Waals surface area contributed by atoms with E-state index in [4.69, 9.17) is 17.0 Å². The summed E-state index contributed by atoms with van der Waals surface area (Å²) in [5.74, 6) is -0.971. The van der Waals surface area contributed by atoms with Gasteiger partial charge in [0, 0.05) is 13.5 Å². The molecule has 136 valence electrons. The van der Waals surface area contributed by atoms with Crippen molar-refractivity contribution in [2.45, 2.75) is 32.4 Å². The average molecular weight is 377 g/mol. The number of carbonyl (C=O) groups excluding carboxylic acids is 1. The van der Waals surface area contributed by atoms with Gasteiger partial charge in [-0.1, -0.05) is 42.5 Å². The summed E-state index contributed by atoms with van der Waals surface area (Å²) in [5.41, 5.74) is 2.69. The van der Waals surface area contributed by atoms with Crippen molar-refractivity contribution < 1.29 is 9.53 Å². The average Bonchev–Trinajstić information content (AvgIpc) is 3.01. The molecular weight excluding hydrogens is 358 g/mol. The van der Waals surface area contributed by atoms with Gasteiger partial charge in [0.1, 0.15) is 5.82 Å². The van der Waals surface area contributed by atoms with E-state index in [0.29, 0.717) is 12.4 Å². The van der Waals surface area contributed by atoms with Gasteiger partial charge in [0.15, 0.2) is 22.9 Å². The first kappa shape index (κ1) is 18.7. The van der Waals surface area contributed by atoms with Crippen LogP contribution in [0.15, 0.2) is 54.6 Å². The molecule has 0 spiro atoms. The molecule has 0 amide bonds. The monoisotopic (exact) mass is 377 g/mol. The molecule has 2 atom stereocenters. The van der Waals surface area contributed by atoms with Crippen LogP contribution in [0.3, 0.4) is 0 Å². The minimum Gasteiger partial charge on any atom is -0.477 e. The Hall–Kier alpha value is -3.04. The molecule has 2 aromatic carbocycles. The van der Waals surface area contributed by atoms with E-state index in [1.165, 1.54) is 0 Å². The van der Waals surface area contributed by atoms with Crippen LogP contribution in [0.5, 0.6) is 0 Å². The summed E-state index contributed by atoms with van der Waals surface area (Å²) in [6.45, 7) is 3.72. The minimum atomic E-state index is -1.04. The topological polar surface area (TPSA) is 67.9 Å². The zero-order chi connectivity index (χ0) is 19.4. The third-order valence-corrected chi connectivity index (χ3v) is 4.38. The number of benzene rings is 2. The summed E-state index contributed by atoms with van der Waals surface area (Å²) in [6, 6.07) is 19.6. The third kappa shape index (κ3) is 4.04. The molecule has 27 heavy (non-hydrogen) atoms. The Morgan fingerprint density at radius 1 is 1.22 bits per heavy atom. The van der Waals surface area contributed by atoms with Crippen LogP contribution in [0.4, 0.5) is 0 Å². The fraction of sp³-hybridized carbons (Fsp3) is 0.238. The number of hydrogen-bond donors (Lipinski definition) is 0. The van der Waals surface area contributed by atoms with Gasteiger partial charge >= 0.3 is 0 Å². The smallest absolute Gasteiger partial charge is 0.197 e. The molecule has 2 unspecified atom stereocenters. The van der Waals surface area contributed by atoms with Crippen LogP contribution in [0, 0.1) is 11.3 Å². The van der Waals surface area contributed by atoms with Gasteiger partial charge in [-0.25, -0.2) is 4.98 Å². The molecule has 1 aromatic heterocycles. The molecular formula is C21H19N3O2S. The number of nitrogens with zero attached hydrogens (tertiary/aromatic N) is 3. The summed E-state index contributed by atoms with van der Waals surface area (Å²) < 4.78 is 7.27. The van der Waals surface area contributed by atoms with E-state index >= 15 is 0 Å². The Balaban J connectivity index is 2.06. The number of carbonyl (C=O) groups is 1. The molecule has 6 heteroatoms. The molecule has 0 radical (unpaired) electrons. The van der Waals surface area contributed by atoms with Crippen LogP contribution in [-0.2, 0) is 16.1 Å². The van der Waals surface area contributed by atoms with Gasteiger partial charge in [-0.3, -0.25) is 4.79 Å². The Bertz CT molecular complexity index is 1020. The molecule has 0 saturated carbocycles. The summed E-state index contributed by atoms with van der Waals surface area (Å²) in [5, 5.41) is 10.0. The lowest BCUT2D eigenvalue weighted by Gasteiger charge is -2.17. The van der Waals surface area contributed by atoms with E-state index in [1.807, 2.05) is 59.2 Å². The Labute approximate surface area is 163 Å². The molecule has 0 N–H and O–H groups in total. The molecule has 0 aliphatic carbocycles. The molecule has 0 aliphatic rings. The lowest BCUT2D eigenvalue weighted by molar-refractivity contribution is -0.126. The van der Waals surface area contributed by atoms with E-state index < -0.39 is 12.0 Å². The van der Waals surface area contributed by atoms with Gasteiger partial charge in [0.2, 0.25) is 0 Å². The Morgan fingerprint density at radius 2 is 1.89 bits per heavy atom. The second-order valence-corrected chi connectivity index (χ2v) is 6.82. The molecule has 0 aliphatic heterocycles. The summed E-state index contributed by atoms with van der Waals surface area (Å²) in [4.78, 5) is 17.4. The second-order valence-electron chi connectivity index (χ2n) is 6.25. The quantitative estimate of drug-likeness (QED) is 0.607. The zero-order valence-corrected chi connectivity index (χ0v) is 15.9. The molecule has 3 rings (SSSR count). The van der Waals surface area contributed by atoms with Crippen LogP contribution in [0.1, 0.15) is 31.2 Å². The third-order valence-electron chi connectivity index (χ3n) is 4.28. The van der Waals surface area contributed by atoms with Crippen molar-refractivity contribution in [1.82, 2.24) is 9.55 Å². The first-order valence-electron chi connectivity index (χ1n) is 8.61. The van der Waals surface area contributed by atoms with Crippen molar-refractivity contribution in [2.75, 3.05) is 0 Å². The predicted molar refractivity (Wildman–Crippen MR) is 107 cm³/mol. The van der Waals surface area contributed by atoms with E-state index in [0.717, 1.165) is 16.6 Å². The van der Waals surface area contributed by atoms with Crippen molar-refractivity contribution in [1.29, 1.82) is 5.26 Å². The van der Waals surface area contributed by atoms with Crippen molar-refractivity contribution in [2.24, 2.45) is 0 Å². The van der Waals surface area contributed by atoms with Crippen molar-refractivity contribution in [3.05, 3.63) is 66.0 Å². The van der Waals surface area contributed by atoms with Gasteiger partial charge < -0.3 is 9.30 Å². The standard InChI is InChI=1S/C21H19N3O2S/c1-14(26-15(2)27)20(25)17(12-22)21-23-18-10-6-7-11-19(18)24(21)13-16-8-4-3-5-9-16/h3-11,14,17H,13H2,1-2H3. The number of ketones is 1. The number of hydrogen-bond acceptors (Lipinski definition) is 5. The van der Waals surface area contributed by atoms with Gasteiger partial charge in [-0.05, 0) is 36.8 Å². The maximum Gasteiger partial charge on any atom is 0.197 e. The fourth-order valence-electron chi connectivity index (χ4n) is 3.04. The van der Waals surface area contributed by atoms with Crippen LogP contribution < -0.4 is 0 Å². The first-order chi connectivity index (χ1) is 13.0. The van der Waals surface area contributed by atoms with Crippen molar-refractivity contribution in [3.8, 4) is 6.07 Å². The number of thiocarbonyl (C=S) groups is 1. The highest BCUT2D eigenvalue weighted by atomic mass is 32.1. The highest BCUT2D eigenvalue weighted by Crippen LogP contribution is 2.25. The van der Waals surface area contributed by atoms with Gasteiger partial charge in [-0.15, -0.1) is 0 Å². The maximum absolute atomic E-state index is 12.8. The van der Waals surface area contributed by atoms with Gasteiger partial charge in [0.05, 0.1) is 17.1 Å².